The van der Waals surface area contributed by atoms with Crippen molar-refractivity contribution in [2.45, 2.75) is 20.8 Å². The Bertz CT molecular complexity index is 1410. The topological polar surface area (TPSA) is 99.8 Å². The first-order valence-electron chi connectivity index (χ1n) is 9.93. The monoisotopic (exact) mass is 447 g/mol. The van der Waals surface area contributed by atoms with E-state index >= 15 is 0 Å². The van der Waals surface area contributed by atoms with Crippen molar-refractivity contribution in [3.05, 3.63) is 70.4 Å². The molecule has 1 aliphatic carbocycles. The molecule has 2 aliphatic rings. The lowest BCUT2D eigenvalue weighted by molar-refractivity contribution is 0.0697. The van der Waals surface area contributed by atoms with E-state index in [1.54, 1.807) is 24.3 Å². The summed E-state index contributed by atoms with van der Waals surface area (Å²) in [5.41, 5.74) is 2.17. The first-order chi connectivity index (χ1) is 15.0. The molecule has 0 saturated carbocycles. The van der Waals surface area contributed by atoms with E-state index in [0.717, 1.165) is 0 Å². The summed E-state index contributed by atoms with van der Waals surface area (Å²) in [5, 5.41) is 23.6. The molecular weight excluding hydrogens is 426 g/mol. The van der Waals surface area contributed by atoms with E-state index in [0.29, 0.717) is 44.1 Å². The van der Waals surface area contributed by atoms with Crippen LogP contribution in [-0.4, -0.2) is 21.2 Å². The van der Waals surface area contributed by atoms with Crippen LogP contribution in [0.5, 0.6) is 5.75 Å². The van der Waals surface area contributed by atoms with Gasteiger partial charge in [-0.05, 0) is 48.0 Å². The highest BCUT2D eigenvalue weighted by Crippen LogP contribution is 2.42. The van der Waals surface area contributed by atoms with E-state index in [9.17, 15) is 19.8 Å². The molecule has 0 aromatic heterocycles. The molecule has 0 radical (unpaired) electrons. The van der Waals surface area contributed by atoms with Crippen molar-refractivity contribution in [3.8, 4) is 28.2 Å². The van der Waals surface area contributed by atoms with Gasteiger partial charge in [0.1, 0.15) is 17.1 Å². The molecule has 6 nitrogen and oxygen atoms in total. The number of nitrogens with one attached hydrogen (secondary N) is 1. The number of aromatic hydroxyl groups is 1. The summed E-state index contributed by atoms with van der Waals surface area (Å²) in [6.45, 7) is 5.96. The number of hydrogen-bond donors (Lipinski definition) is 3. The zero-order valence-corrected chi connectivity index (χ0v) is 18.5. The van der Waals surface area contributed by atoms with E-state index in [4.69, 9.17) is 16.6 Å². The molecule has 1 heterocycles. The molecule has 1 aliphatic heterocycles. The number of fused-ring (bicyclic) bond motifs is 2. The largest absolute Gasteiger partial charge is 0.508 e. The van der Waals surface area contributed by atoms with Crippen LogP contribution in [0.15, 0.2) is 63.8 Å². The van der Waals surface area contributed by atoms with Crippen molar-refractivity contribution in [2.75, 3.05) is 5.32 Å². The minimum Gasteiger partial charge on any atom is -0.508 e. The summed E-state index contributed by atoms with van der Waals surface area (Å²) >= 11 is 5.50. The van der Waals surface area contributed by atoms with Gasteiger partial charge in [0, 0.05) is 39.7 Å². The van der Waals surface area contributed by atoms with Crippen LogP contribution in [0.25, 0.3) is 33.4 Å². The summed E-state index contributed by atoms with van der Waals surface area (Å²) in [7, 11) is 0. The number of carboxylic acid groups (broad SMARTS) is 1. The number of aromatic carboxylic acids is 1. The maximum Gasteiger partial charge on any atom is 0.336 e. The lowest BCUT2D eigenvalue weighted by atomic mass is 9.90. The Kier molecular flexibility index (Phi) is 5.22. The van der Waals surface area contributed by atoms with Crippen molar-refractivity contribution in [3.63, 3.8) is 0 Å². The Morgan fingerprint density at radius 3 is 2.44 bits per heavy atom. The maximum atomic E-state index is 12.1. The van der Waals surface area contributed by atoms with Crippen molar-refractivity contribution in [1.82, 2.24) is 0 Å². The highest BCUT2D eigenvalue weighted by molar-refractivity contribution is 7.80. The number of carboxylic acids is 1. The molecule has 0 amide bonds. The van der Waals surface area contributed by atoms with Crippen LogP contribution >= 0.6 is 12.2 Å². The van der Waals surface area contributed by atoms with Gasteiger partial charge in [0.2, 0.25) is 0 Å². The van der Waals surface area contributed by atoms with Gasteiger partial charge in [-0.3, -0.25) is 4.79 Å². The first-order valence-corrected chi connectivity index (χ1v) is 10.3. The van der Waals surface area contributed by atoms with E-state index in [-0.39, 0.29) is 22.2 Å². The fraction of sp³-hybridized carbons (Fsp3) is 0.160. The second kappa shape index (κ2) is 7.76. The minimum absolute atomic E-state index is 0.00534. The van der Waals surface area contributed by atoms with Gasteiger partial charge in [-0.25, -0.2) is 4.79 Å². The van der Waals surface area contributed by atoms with Gasteiger partial charge >= 0.3 is 5.97 Å². The normalized spacial score (nSPS) is 11.6. The van der Waals surface area contributed by atoms with Gasteiger partial charge in [0.05, 0.1) is 10.6 Å². The Balaban J connectivity index is 2.06. The summed E-state index contributed by atoms with van der Waals surface area (Å²) in [4.78, 5) is 24.7. The smallest absolute Gasteiger partial charge is 0.336 e. The van der Waals surface area contributed by atoms with Crippen LogP contribution < -0.4 is 10.7 Å². The zero-order chi connectivity index (χ0) is 23.2. The highest BCUT2D eigenvalue weighted by atomic mass is 32.1. The predicted octanol–water partition coefficient (Wildman–Crippen LogP) is 5.75. The van der Waals surface area contributed by atoms with Gasteiger partial charge in [-0.15, -0.1) is 0 Å². The molecule has 162 valence electrons. The molecule has 0 bridgehead atoms. The zero-order valence-electron chi connectivity index (χ0n) is 17.7. The molecule has 2 aromatic rings. The average molecular weight is 448 g/mol. The standard InChI is InChI=1S/C25H21NO5S/c1-25(2,3)24(32)26-13-4-7-16(23(29)30)19(10-13)22-17-8-5-14(27)11-20(17)31-21-12-15(28)6-9-18(21)22/h4-12,27H,1-3H3,(H,26,32)(H,29,30). The predicted molar refractivity (Wildman–Crippen MR) is 129 cm³/mol. The molecule has 0 atom stereocenters. The Morgan fingerprint density at radius 1 is 1.00 bits per heavy atom. The number of hydrogen-bond acceptors (Lipinski definition) is 5. The van der Waals surface area contributed by atoms with Crippen LogP contribution in [0.2, 0.25) is 0 Å². The van der Waals surface area contributed by atoms with Crippen molar-refractivity contribution in [1.29, 1.82) is 0 Å². The third-order valence-electron chi connectivity index (χ3n) is 5.14. The highest BCUT2D eigenvalue weighted by Gasteiger charge is 2.23. The molecule has 2 aromatic carbocycles. The number of thiocarbonyl (C=S) groups is 1. The molecule has 32 heavy (non-hydrogen) atoms. The molecule has 0 spiro atoms. The Morgan fingerprint density at radius 2 is 1.75 bits per heavy atom. The van der Waals surface area contributed by atoms with E-state index in [1.165, 1.54) is 30.3 Å². The van der Waals surface area contributed by atoms with Gasteiger partial charge in [-0.2, -0.15) is 0 Å². The van der Waals surface area contributed by atoms with Crippen LogP contribution in [-0.2, 0) is 0 Å². The SMILES string of the molecule is CC(C)(C)C(=S)Nc1ccc(C(=O)O)c(-c2c3ccc(=O)cc-3oc3cc(O)ccc23)c1. The summed E-state index contributed by atoms with van der Waals surface area (Å²) in [5.74, 6) is -0.800. The number of anilines is 1. The number of phenolic OH excluding ortho intramolecular Hbond substituents is 1. The number of phenols is 1. The number of carbonyl (C=O) groups is 1. The van der Waals surface area contributed by atoms with Crippen LogP contribution in [0, 0.1) is 5.41 Å². The summed E-state index contributed by atoms with van der Waals surface area (Å²) in [6.07, 6.45) is 0. The molecule has 3 N–H and O–H groups in total. The molecule has 0 saturated heterocycles. The Labute approximate surface area is 189 Å². The number of rotatable bonds is 3. The fourth-order valence-electron chi connectivity index (χ4n) is 3.48. The fourth-order valence-corrected chi connectivity index (χ4v) is 3.60. The van der Waals surface area contributed by atoms with E-state index in [2.05, 4.69) is 5.32 Å². The van der Waals surface area contributed by atoms with E-state index in [1.807, 2.05) is 20.8 Å². The average Bonchev–Trinajstić information content (AvgIpc) is 2.70. The minimum atomic E-state index is -1.09. The molecular formula is C25H21NO5S. The van der Waals surface area contributed by atoms with Crippen LogP contribution in [0.3, 0.4) is 0 Å². The molecule has 0 unspecified atom stereocenters. The van der Waals surface area contributed by atoms with Crippen LogP contribution in [0.1, 0.15) is 31.1 Å². The second-order valence-corrected chi connectivity index (χ2v) is 8.99. The maximum absolute atomic E-state index is 12.1. The quantitative estimate of drug-likeness (QED) is 0.271. The first kappa shape index (κ1) is 21.5. The van der Waals surface area contributed by atoms with Gasteiger partial charge in [0.15, 0.2) is 5.43 Å². The van der Waals surface area contributed by atoms with E-state index < -0.39 is 5.97 Å². The second-order valence-electron chi connectivity index (χ2n) is 8.59. The van der Waals surface area contributed by atoms with Gasteiger partial charge in [0.25, 0.3) is 0 Å². The van der Waals surface area contributed by atoms with Crippen molar-refractivity contribution >= 4 is 39.8 Å². The number of benzene rings is 3. The molecule has 0 fully saturated rings. The lowest BCUT2D eigenvalue weighted by Gasteiger charge is -2.22. The lowest BCUT2D eigenvalue weighted by Crippen LogP contribution is -2.25. The van der Waals surface area contributed by atoms with Crippen molar-refractivity contribution < 1.29 is 19.4 Å². The van der Waals surface area contributed by atoms with Gasteiger partial charge in [-0.1, -0.05) is 33.0 Å². The van der Waals surface area contributed by atoms with Crippen LogP contribution in [0.4, 0.5) is 5.69 Å². The molecule has 7 heteroatoms. The third kappa shape index (κ3) is 3.94. The molecule has 4 rings (SSSR count). The van der Waals surface area contributed by atoms with Crippen molar-refractivity contribution in [2.24, 2.45) is 5.41 Å². The third-order valence-corrected chi connectivity index (χ3v) is 5.85. The summed E-state index contributed by atoms with van der Waals surface area (Å²) < 4.78 is 5.87. The Hall–Kier alpha value is -3.71. The van der Waals surface area contributed by atoms with Gasteiger partial charge < -0.3 is 19.9 Å². The summed E-state index contributed by atoms with van der Waals surface area (Å²) in [6, 6.07) is 13.9.